The number of nitrogens with one attached hydrogen (secondary N) is 2. The van der Waals surface area contributed by atoms with Crippen LogP contribution in [-0.2, 0) is 0 Å². The van der Waals surface area contributed by atoms with Crippen LogP contribution in [0.25, 0.3) is 10.8 Å². The summed E-state index contributed by atoms with van der Waals surface area (Å²) in [7, 11) is 0. The van der Waals surface area contributed by atoms with E-state index in [0.29, 0.717) is 21.5 Å². The van der Waals surface area contributed by atoms with Gasteiger partial charge in [-0.25, -0.2) is 0 Å². The summed E-state index contributed by atoms with van der Waals surface area (Å²) in [4.78, 5) is 13.8. The van der Waals surface area contributed by atoms with Gasteiger partial charge in [0.25, 0.3) is 5.91 Å². The van der Waals surface area contributed by atoms with E-state index < -0.39 is 0 Å². The molecule has 0 saturated heterocycles. The topological polar surface area (TPSA) is 41.1 Å². The number of halogens is 2. The van der Waals surface area contributed by atoms with E-state index in [2.05, 4.69) is 10.0 Å². The number of hydrogen-bond acceptors (Lipinski definition) is 3. The van der Waals surface area contributed by atoms with E-state index in [4.69, 9.17) is 23.2 Å². The van der Waals surface area contributed by atoms with Crippen molar-refractivity contribution in [2.45, 2.75) is 37.0 Å². The van der Waals surface area contributed by atoms with Crippen LogP contribution in [0.3, 0.4) is 0 Å². The molecule has 1 fully saturated rings. The van der Waals surface area contributed by atoms with Crippen LogP contribution in [0.2, 0.25) is 10.0 Å². The highest BCUT2D eigenvalue weighted by atomic mass is 35.5. The van der Waals surface area contributed by atoms with Crippen molar-refractivity contribution < 1.29 is 4.79 Å². The van der Waals surface area contributed by atoms with Crippen LogP contribution in [0.1, 0.15) is 42.5 Å². The second-order valence-corrected chi connectivity index (χ2v) is 9.48. The second-order valence-electron chi connectivity index (χ2n) is 7.73. The first kappa shape index (κ1) is 21.4. The fourth-order valence-electron chi connectivity index (χ4n) is 4.02. The molecule has 3 aromatic rings. The lowest BCUT2D eigenvalue weighted by atomic mass is 9.89. The Morgan fingerprint density at radius 2 is 1.63 bits per heavy atom. The van der Waals surface area contributed by atoms with Crippen molar-refractivity contribution in [1.29, 1.82) is 0 Å². The summed E-state index contributed by atoms with van der Waals surface area (Å²) in [6.45, 7) is 0.762. The molecule has 30 heavy (non-hydrogen) atoms. The summed E-state index contributed by atoms with van der Waals surface area (Å²) in [5, 5.41) is 6.30. The van der Waals surface area contributed by atoms with Gasteiger partial charge in [-0.1, -0.05) is 66.7 Å². The van der Waals surface area contributed by atoms with Gasteiger partial charge in [-0.05, 0) is 66.4 Å². The van der Waals surface area contributed by atoms with Crippen molar-refractivity contribution in [1.82, 2.24) is 5.32 Å². The first-order valence-electron chi connectivity index (χ1n) is 10.3. The number of benzene rings is 3. The molecule has 156 valence electrons. The van der Waals surface area contributed by atoms with Crippen molar-refractivity contribution in [3.8, 4) is 0 Å². The fraction of sp³-hybridized carbons (Fsp3) is 0.292. The number of hydrogen-bond donors (Lipinski definition) is 2. The number of rotatable bonds is 6. The van der Waals surface area contributed by atoms with Gasteiger partial charge in [-0.3, -0.25) is 4.79 Å². The monoisotopic (exact) mass is 458 g/mol. The molecule has 3 aromatic carbocycles. The first-order valence-corrected chi connectivity index (χ1v) is 11.9. The van der Waals surface area contributed by atoms with Gasteiger partial charge in [-0.15, -0.1) is 0 Å². The van der Waals surface area contributed by atoms with E-state index in [-0.39, 0.29) is 5.91 Å². The zero-order valence-corrected chi connectivity index (χ0v) is 18.9. The Bertz CT molecular complexity index is 1030. The van der Waals surface area contributed by atoms with Crippen LogP contribution in [0, 0.1) is 5.92 Å². The minimum absolute atomic E-state index is 0.00222. The Kier molecular flexibility index (Phi) is 7.08. The maximum absolute atomic E-state index is 12.9. The molecular formula is C24H24Cl2N2OS. The van der Waals surface area contributed by atoms with E-state index in [1.807, 2.05) is 48.5 Å². The lowest BCUT2D eigenvalue weighted by Crippen LogP contribution is -2.30. The molecule has 0 atom stereocenters. The average Bonchev–Trinajstić information content (AvgIpc) is 2.75. The predicted molar refractivity (Wildman–Crippen MR) is 129 cm³/mol. The zero-order valence-electron chi connectivity index (χ0n) is 16.6. The Hall–Kier alpha value is -1.88. The smallest absolute Gasteiger partial charge is 0.251 e. The summed E-state index contributed by atoms with van der Waals surface area (Å²) in [5.41, 5.74) is 1.65. The molecular weight excluding hydrogens is 435 g/mol. The molecule has 1 aliphatic rings. The SMILES string of the molecule is O=C(NCC1CCCCC1)c1cccc2c(NSc3cc(Cl)cc(Cl)c3)cccc12. The number of carbonyl (C=O) groups excluding carboxylic acids is 1. The molecule has 0 bridgehead atoms. The lowest BCUT2D eigenvalue weighted by Gasteiger charge is -2.22. The molecule has 0 aromatic heterocycles. The lowest BCUT2D eigenvalue weighted by molar-refractivity contribution is 0.0945. The average molecular weight is 459 g/mol. The van der Waals surface area contributed by atoms with E-state index in [1.54, 1.807) is 6.07 Å². The summed E-state index contributed by atoms with van der Waals surface area (Å²) in [5.74, 6) is 0.605. The van der Waals surface area contributed by atoms with Crippen LogP contribution >= 0.6 is 35.1 Å². The normalized spacial score (nSPS) is 14.6. The highest BCUT2D eigenvalue weighted by Gasteiger charge is 2.16. The predicted octanol–water partition coefficient (Wildman–Crippen LogP) is 7.58. The Morgan fingerprint density at radius 1 is 0.933 bits per heavy atom. The van der Waals surface area contributed by atoms with Crippen molar-refractivity contribution in [3.63, 3.8) is 0 Å². The summed E-state index contributed by atoms with van der Waals surface area (Å²) in [6.07, 6.45) is 6.31. The molecule has 0 radical (unpaired) electrons. The van der Waals surface area contributed by atoms with E-state index in [1.165, 1.54) is 44.1 Å². The molecule has 2 N–H and O–H groups in total. The van der Waals surface area contributed by atoms with Crippen LogP contribution in [0.5, 0.6) is 0 Å². The molecule has 1 saturated carbocycles. The molecule has 3 nitrogen and oxygen atoms in total. The summed E-state index contributed by atoms with van der Waals surface area (Å²) < 4.78 is 3.38. The van der Waals surface area contributed by atoms with Gasteiger partial charge < -0.3 is 10.0 Å². The largest absolute Gasteiger partial charge is 0.352 e. The van der Waals surface area contributed by atoms with Gasteiger partial charge >= 0.3 is 0 Å². The first-order chi connectivity index (χ1) is 14.6. The Morgan fingerprint density at radius 3 is 2.40 bits per heavy atom. The van der Waals surface area contributed by atoms with Crippen molar-refractivity contribution in [3.05, 3.63) is 70.2 Å². The zero-order chi connectivity index (χ0) is 20.9. The maximum atomic E-state index is 12.9. The van der Waals surface area contributed by atoms with Crippen LogP contribution in [0.15, 0.2) is 59.5 Å². The highest BCUT2D eigenvalue weighted by Crippen LogP contribution is 2.32. The minimum atomic E-state index is -0.00222. The van der Waals surface area contributed by atoms with Gasteiger partial charge in [0.2, 0.25) is 0 Å². The van der Waals surface area contributed by atoms with Gasteiger partial charge in [0.05, 0.1) is 5.69 Å². The molecule has 4 rings (SSSR count). The van der Waals surface area contributed by atoms with Crippen molar-refractivity contribution in [2.24, 2.45) is 5.92 Å². The quantitative estimate of drug-likeness (QED) is 0.374. The molecule has 6 heteroatoms. The third kappa shape index (κ3) is 5.23. The molecule has 0 unspecified atom stereocenters. The van der Waals surface area contributed by atoms with Crippen LogP contribution in [-0.4, -0.2) is 12.5 Å². The summed E-state index contributed by atoms with van der Waals surface area (Å²) in [6, 6.07) is 17.3. The second kappa shape index (κ2) is 9.95. The fourth-order valence-corrected chi connectivity index (χ4v) is 5.45. The van der Waals surface area contributed by atoms with Crippen molar-refractivity contribution in [2.75, 3.05) is 11.3 Å². The molecule has 0 spiro atoms. The van der Waals surface area contributed by atoms with Crippen LogP contribution in [0.4, 0.5) is 5.69 Å². The highest BCUT2D eigenvalue weighted by molar-refractivity contribution is 8.00. The number of amides is 1. The van der Waals surface area contributed by atoms with Crippen LogP contribution < -0.4 is 10.0 Å². The molecule has 1 amide bonds. The molecule has 0 aliphatic heterocycles. The number of fused-ring (bicyclic) bond motifs is 1. The summed E-state index contributed by atoms with van der Waals surface area (Å²) >= 11 is 13.6. The maximum Gasteiger partial charge on any atom is 0.251 e. The Labute approximate surface area is 191 Å². The van der Waals surface area contributed by atoms with Crippen molar-refractivity contribution >= 4 is 57.5 Å². The number of anilines is 1. The van der Waals surface area contributed by atoms with Gasteiger partial charge in [-0.2, -0.15) is 0 Å². The van der Waals surface area contributed by atoms with Gasteiger partial charge in [0.1, 0.15) is 0 Å². The Balaban J connectivity index is 1.51. The van der Waals surface area contributed by atoms with Gasteiger partial charge in [0.15, 0.2) is 0 Å². The number of carbonyl (C=O) groups is 1. The van der Waals surface area contributed by atoms with Gasteiger partial charge in [0, 0.05) is 32.4 Å². The standard InChI is InChI=1S/C24H24Cl2N2OS/c25-17-12-18(26)14-19(13-17)30-28-23-11-5-8-20-21(23)9-4-10-22(20)24(29)27-15-16-6-2-1-3-7-16/h4-5,8-14,16,28H,1-3,6-7,15H2,(H,27,29). The molecule has 1 aliphatic carbocycles. The third-order valence-corrected chi connectivity index (χ3v) is 6.79. The minimum Gasteiger partial charge on any atom is -0.352 e. The third-order valence-electron chi connectivity index (χ3n) is 5.56. The van der Waals surface area contributed by atoms with E-state index >= 15 is 0 Å². The van der Waals surface area contributed by atoms with E-state index in [9.17, 15) is 4.79 Å². The van der Waals surface area contributed by atoms with E-state index in [0.717, 1.165) is 27.9 Å². The molecule has 0 heterocycles.